The van der Waals surface area contributed by atoms with Crippen LogP contribution >= 0.6 is 15.9 Å². The van der Waals surface area contributed by atoms with Crippen molar-refractivity contribution in [3.63, 3.8) is 0 Å². The number of aromatic amines is 1. The van der Waals surface area contributed by atoms with E-state index in [9.17, 15) is 13.2 Å². The lowest BCUT2D eigenvalue weighted by Crippen LogP contribution is -2.08. The molecule has 0 fully saturated rings. The van der Waals surface area contributed by atoms with Crippen LogP contribution in [0.25, 0.3) is 11.3 Å². The average molecular weight is 362 g/mol. The molecular formula is C14H15BrF3N3. The zero-order valence-corrected chi connectivity index (χ0v) is 13.1. The molecule has 21 heavy (non-hydrogen) atoms. The first-order valence-electron chi connectivity index (χ1n) is 6.40. The minimum atomic E-state index is -4.45. The summed E-state index contributed by atoms with van der Waals surface area (Å²) in [7, 11) is 0. The van der Waals surface area contributed by atoms with Crippen molar-refractivity contribution in [2.24, 2.45) is 5.92 Å². The topological polar surface area (TPSA) is 54.7 Å². The van der Waals surface area contributed by atoms with Gasteiger partial charge in [0, 0.05) is 15.6 Å². The van der Waals surface area contributed by atoms with E-state index in [1.807, 2.05) is 13.8 Å². The maximum Gasteiger partial charge on any atom is 0.417 e. The van der Waals surface area contributed by atoms with Gasteiger partial charge in [0.05, 0.1) is 11.3 Å². The van der Waals surface area contributed by atoms with E-state index in [1.54, 1.807) is 6.07 Å². The molecule has 0 amide bonds. The van der Waals surface area contributed by atoms with Gasteiger partial charge in [-0.3, -0.25) is 5.10 Å². The van der Waals surface area contributed by atoms with E-state index in [0.717, 1.165) is 6.07 Å². The zero-order valence-electron chi connectivity index (χ0n) is 11.6. The SMILES string of the molecule is CC(C)Cc1c(N)n[nH]c1-c1ccc(Br)cc1C(F)(F)F. The highest BCUT2D eigenvalue weighted by atomic mass is 79.9. The Hall–Kier alpha value is -1.50. The van der Waals surface area contributed by atoms with Crippen LogP contribution in [0.5, 0.6) is 0 Å². The zero-order chi connectivity index (χ0) is 15.8. The summed E-state index contributed by atoms with van der Waals surface area (Å²) in [5.74, 6) is 0.503. The summed E-state index contributed by atoms with van der Waals surface area (Å²) in [6.45, 7) is 3.95. The lowest BCUT2D eigenvalue weighted by molar-refractivity contribution is -0.137. The van der Waals surface area contributed by atoms with Gasteiger partial charge in [-0.2, -0.15) is 18.3 Å². The van der Waals surface area contributed by atoms with Crippen LogP contribution in [0.1, 0.15) is 25.0 Å². The number of nitrogens with zero attached hydrogens (tertiary/aromatic N) is 1. The summed E-state index contributed by atoms with van der Waals surface area (Å²) in [5.41, 5.74) is 6.08. The number of hydrogen-bond acceptors (Lipinski definition) is 2. The molecule has 1 aromatic carbocycles. The van der Waals surface area contributed by atoms with E-state index >= 15 is 0 Å². The first-order valence-corrected chi connectivity index (χ1v) is 7.19. The van der Waals surface area contributed by atoms with Crippen LogP contribution in [0.3, 0.4) is 0 Å². The number of halogens is 4. The molecule has 0 unspecified atom stereocenters. The Morgan fingerprint density at radius 1 is 1.33 bits per heavy atom. The molecule has 114 valence electrons. The van der Waals surface area contributed by atoms with Gasteiger partial charge in [-0.05, 0) is 24.5 Å². The lowest BCUT2D eigenvalue weighted by Gasteiger charge is -2.14. The highest BCUT2D eigenvalue weighted by molar-refractivity contribution is 9.10. The Kier molecular flexibility index (Phi) is 4.32. The molecule has 0 saturated heterocycles. The van der Waals surface area contributed by atoms with Crippen molar-refractivity contribution in [2.75, 3.05) is 5.73 Å². The van der Waals surface area contributed by atoms with Gasteiger partial charge >= 0.3 is 6.18 Å². The number of H-pyrrole nitrogens is 1. The highest BCUT2D eigenvalue weighted by Crippen LogP contribution is 2.40. The van der Waals surface area contributed by atoms with Gasteiger partial charge in [0.1, 0.15) is 5.82 Å². The van der Waals surface area contributed by atoms with Crippen molar-refractivity contribution in [3.8, 4) is 11.3 Å². The van der Waals surface area contributed by atoms with E-state index in [-0.39, 0.29) is 17.3 Å². The van der Waals surface area contributed by atoms with Gasteiger partial charge < -0.3 is 5.73 Å². The van der Waals surface area contributed by atoms with E-state index in [4.69, 9.17) is 5.73 Å². The van der Waals surface area contributed by atoms with Gasteiger partial charge in [0.15, 0.2) is 0 Å². The van der Waals surface area contributed by atoms with E-state index in [2.05, 4.69) is 26.1 Å². The van der Waals surface area contributed by atoms with Crippen LogP contribution in [-0.4, -0.2) is 10.2 Å². The van der Waals surface area contributed by atoms with Gasteiger partial charge in [0.25, 0.3) is 0 Å². The number of anilines is 1. The minimum Gasteiger partial charge on any atom is -0.382 e. The molecular weight excluding hydrogens is 347 g/mol. The molecule has 2 aromatic rings. The van der Waals surface area contributed by atoms with Crippen LogP contribution in [0, 0.1) is 5.92 Å². The number of nitrogens with one attached hydrogen (secondary N) is 1. The number of nitrogen functional groups attached to an aromatic ring is 1. The van der Waals surface area contributed by atoms with Gasteiger partial charge in [-0.15, -0.1) is 0 Å². The predicted octanol–water partition coefficient (Wildman–Crippen LogP) is 4.64. The standard InChI is InChI=1S/C14H15BrF3N3/c1-7(2)5-10-12(20-21-13(10)19)9-4-3-8(15)6-11(9)14(16,17)18/h3-4,6-7H,5H2,1-2H3,(H3,19,20,21). The Morgan fingerprint density at radius 2 is 2.00 bits per heavy atom. The molecule has 7 heteroatoms. The molecule has 0 radical (unpaired) electrons. The Balaban J connectivity index is 2.63. The predicted molar refractivity (Wildman–Crippen MR) is 79.7 cm³/mol. The summed E-state index contributed by atoms with van der Waals surface area (Å²) in [6.07, 6.45) is -3.89. The number of rotatable bonds is 3. The first-order chi connectivity index (χ1) is 9.70. The first kappa shape index (κ1) is 15.9. The smallest absolute Gasteiger partial charge is 0.382 e. The van der Waals surface area contributed by atoms with E-state index < -0.39 is 11.7 Å². The summed E-state index contributed by atoms with van der Waals surface area (Å²) >= 11 is 3.07. The Morgan fingerprint density at radius 3 is 2.57 bits per heavy atom. The third kappa shape index (κ3) is 3.40. The third-order valence-electron chi connectivity index (χ3n) is 3.07. The molecule has 0 aliphatic carbocycles. The number of nitrogens with two attached hydrogens (primary N) is 1. The Bertz CT molecular complexity index is 647. The van der Waals surface area contributed by atoms with Crippen molar-refractivity contribution >= 4 is 21.7 Å². The second-order valence-electron chi connectivity index (χ2n) is 5.25. The van der Waals surface area contributed by atoms with Crippen molar-refractivity contribution < 1.29 is 13.2 Å². The third-order valence-corrected chi connectivity index (χ3v) is 3.56. The summed E-state index contributed by atoms with van der Waals surface area (Å²) in [5, 5.41) is 6.50. The fraction of sp³-hybridized carbons (Fsp3) is 0.357. The van der Waals surface area contributed by atoms with Crippen LogP contribution in [0.4, 0.5) is 19.0 Å². The molecule has 1 aromatic heterocycles. The molecule has 3 N–H and O–H groups in total. The summed E-state index contributed by atoms with van der Waals surface area (Å²) in [6, 6.07) is 4.05. The van der Waals surface area contributed by atoms with Crippen molar-refractivity contribution in [3.05, 3.63) is 33.8 Å². The molecule has 0 aliphatic rings. The van der Waals surface area contributed by atoms with Crippen LogP contribution in [-0.2, 0) is 12.6 Å². The van der Waals surface area contributed by atoms with Gasteiger partial charge in [-0.25, -0.2) is 0 Å². The largest absolute Gasteiger partial charge is 0.417 e. The molecule has 3 nitrogen and oxygen atoms in total. The second-order valence-corrected chi connectivity index (χ2v) is 6.16. The van der Waals surface area contributed by atoms with Crippen molar-refractivity contribution in [1.82, 2.24) is 10.2 Å². The summed E-state index contributed by atoms with van der Waals surface area (Å²) < 4.78 is 40.1. The fourth-order valence-electron chi connectivity index (χ4n) is 2.19. The van der Waals surface area contributed by atoms with Gasteiger partial charge in [-0.1, -0.05) is 35.8 Å². The van der Waals surface area contributed by atoms with Crippen LogP contribution < -0.4 is 5.73 Å². The molecule has 0 atom stereocenters. The van der Waals surface area contributed by atoms with Gasteiger partial charge in [0.2, 0.25) is 0 Å². The molecule has 1 heterocycles. The molecule has 0 aliphatic heterocycles. The van der Waals surface area contributed by atoms with Crippen LogP contribution in [0.15, 0.2) is 22.7 Å². The maximum atomic E-state index is 13.2. The number of hydrogen-bond donors (Lipinski definition) is 2. The average Bonchev–Trinajstić information content (AvgIpc) is 2.69. The lowest BCUT2D eigenvalue weighted by atomic mass is 9.96. The summed E-state index contributed by atoms with van der Waals surface area (Å²) in [4.78, 5) is 0. The quantitative estimate of drug-likeness (QED) is 0.836. The number of benzene rings is 1. The molecule has 0 bridgehead atoms. The highest BCUT2D eigenvalue weighted by Gasteiger charge is 2.35. The Labute approximate surface area is 128 Å². The molecule has 2 rings (SSSR count). The number of aromatic nitrogens is 2. The fourth-order valence-corrected chi connectivity index (χ4v) is 2.55. The van der Waals surface area contributed by atoms with E-state index in [1.165, 1.54) is 6.07 Å². The maximum absolute atomic E-state index is 13.2. The molecule has 0 saturated carbocycles. The van der Waals surface area contributed by atoms with Crippen LogP contribution in [0.2, 0.25) is 0 Å². The van der Waals surface area contributed by atoms with E-state index in [0.29, 0.717) is 22.2 Å². The van der Waals surface area contributed by atoms with Crippen molar-refractivity contribution in [1.29, 1.82) is 0 Å². The monoisotopic (exact) mass is 361 g/mol. The normalized spacial score (nSPS) is 12.1. The minimum absolute atomic E-state index is 0.0607. The number of alkyl halides is 3. The van der Waals surface area contributed by atoms with Crippen molar-refractivity contribution in [2.45, 2.75) is 26.4 Å². The molecule has 0 spiro atoms. The second kappa shape index (κ2) is 5.71.